The lowest BCUT2D eigenvalue weighted by Crippen LogP contribution is -2.36. The largest absolute Gasteiger partial charge is 0.462 e. The van der Waals surface area contributed by atoms with Crippen LogP contribution in [0.1, 0.15) is 59.3 Å². The predicted octanol–water partition coefficient (Wildman–Crippen LogP) is 4.79. The average molecular weight is 301 g/mol. The lowest BCUT2D eigenvalue weighted by molar-refractivity contribution is -0.157. The van der Waals surface area contributed by atoms with Gasteiger partial charge in [0.15, 0.2) is 0 Å². The summed E-state index contributed by atoms with van der Waals surface area (Å²) in [7, 11) is 0. The molecule has 1 aromatic carbocycles. The van der Waals surface area contributed by atoms with E-state index in [4.69, 9.17) is 6.11 Å². The van der Waals surface area contributed by atoms with Gasteiger partial charge in [-0.2, -0.15) is 0 Å². The third kappa shape index (κ3) is 3.37. The lowest BCUT2D eigenvalue weighted by Gasteiger charge is -2.36. The molecule has 120 valence electrons. The van der Waals surface area contributed by atoms with Crippen LogP contribution in [0, 0.1) is 23.6 Å². The van der Waals surface area contributed by atoms with Gasteiger partial charge in [0.1, 0.15) is 6.10 Å². The summed E-state index contributed by atoms with van der Waals surface area (Å²) in [5.74, 6) is 0.182. The highest BCUT2D eigenvalue weighted by molar-refractivity contribution is 5.77. The molecule has 5 atom stereocenters. The van der Waals surface area contributed by atoms with Crippen LogP contribution in [0.4, 0.5) is 0 Å². The van der Waals surface area contributed by atoms with Crippen LogP contribution in [0.5, 0.6) is 0 Å². The standard InChI is InChI=1S/C20H28O2/c1-13(2)16-10-9-14(3)11-19(16)22-20(21)18-12-17(18)15-7-5-4-6-8-15/h4-8,13-14,16-19H,9-12H2,1-3H3/t14-,16+,17-,18+,19-/m1/s1/i18D. The fourth-order valence-corrected chi connectivity index (χ4v) is 3.85. The van der Waals surface area contributed by atoms with Crippen LogP contribution in [-0.2, 0) is 9.53 Å². The van der Waals surface area contributed by atoms with Gasteiger partial charge < -0.3 is 4.74 Å². The zero-order chi connectivity index (χ0) is 16.6. The molecule has 2 saturated carbocycles. The number of ether oxygens (including phenoxy) is 1. The number of hydrogen-bond donors (Lipinski definition) is 0. The highest BCUT2D eigenvalue weighted by atomic mass is 16.5. The molecule has 0 saturated heterocycles. The zero-order valence-electron chi connectivity index (χ0n) is 14.9. The van der Waals surface area contributed by atoms with Crippen molar-refractivity contribution in [3.8, 4) is 0 Å². The van der Waals surface area contributed by atoms with E-state index in [-0.39, 0.29) is 18.0 Å². The fraction of sp³-hybridized carbons (Fsp3) is 0.650. The van der Waals surface area contributed by atoms with Crippen molar-refractivity contribution in [2.75, 3.05) is 0 Å². The maximum Gasteiger partial charge on any atom is 0.309 e. The van der Waals surface area contributed by atoms with Crippen LogP contribution < -0.4 is 0 Å². The van der Waals surface area contributed by atoms with Crippen LogP contribution in [0.3, 0.4) is 0 Å². The van der Waals surface area contributed by atoms with Gasteiger partial charge in [0.2, 0.25) is 0 Å². The molecular weight excluding hydrogens is 272 g/mol. The van der Waals surface area contributed by atoms with Crippen molar-refractivity contribution in [3.05, 3.63) is 35.9 Å². The van der Waals surface area contributed by atoms with E-state index in [0.717, 1.165) is 18.4 Å². The highest BCUT2D eigenvalue weighted by Crippen LogP contribution is 2.49. The van der Waals surface area contributed by atoms with E-state index < -0.39 is 5.89 Å². The number of benzene rings is 1. The second kappa shape index (κ2) is 6.44. The molecule has 1 aromatic rings. The van der Waals surface area contributed by atoms with Crippen molar-refractivity contribution in [2.24, 2.45) is 23.6 Å². The summed E-state index contributed by atoms with van der Waals surface area (Å²) in [6.45, 7) is 6.65. The molecule has 2 nitrogen and oxygen atoms in total. The van der Waals surface area contributed by atoms with E-state index in [2.05, 4.69) is 20.8 Å². The number of carbonyl (C=O) groups excluding carboxylic acids is 1. The van der Waals surface area contributed by atoms with Crippen LogP contribution in [-0.4, -0.2) is 12.1 Å². The first-order valence-corrected chi connectivity index (χ1v) is 8.68. The molecule has 0 spiro atoms. The molecule has 0 N–H and O–H groups in total. The number of hydrogen-bond acceptors (Lipinski definition) is 2. The maximum atomic E-state index is 12.6. The molecular formula is C20H28O2. The van der Waals surface area contributed by atoms with Crippen LogP contribution >= 0.6 is 0 Å². The van der Waals surface area contributed by atoms with Crippen molar-refractivity contribution in [3.63, 3.8) is 0 Å². The van der Waals surface area contributed by atoms with E-state index >= 15 is 0 Å². The van der Waals surface area contributed by atoms with E-state index in [1.54, 1.807) is 0 Å². The summed E-state index contributed by atoms with van der Waals surface area (Å²) in [6, 6.07) is 9.92. The first-order valence-electron chi connectivity index (χ1n) is 9.18. The van der Waals surface area contributed by atoms with Crippen molar-refractivity contribution in [1.29, 1.82) is 0 Å². The molecule has 0 heterocycles. The molecule has 0 bridgehead atoms. The molecule has 2 heteroatoms. The van der Waals surface area contributed by atoms with Crippen LogP contribution in [0.15, 0.2) is 30.3 Å². The summed E-state index contributed by atoms with van der Waals surface area (Å²) in [5, 5.41) is 0. The van der Waals surface area contributed by atoms with Gasteiger partial charge in [0, 0.05) is 1.37 Å². The van der Waals surface area contributed by atoms with Gasteiger partial charge in [-0.25, -0.2) is 0 Å². The van der Waals surface area contributed by atoms with Crippen LogP contribution in [0.25, 0.3) is 0 Å². The van der Waals surface area contributed by atoms with E-state index in [1.165, 1.54) is 6.42 Å². The van der Waals surface area contributed by atoms with Crippen LogP contribution in [0.2, 0.25) is 0 Å². The van der Waals surface area contributed by atoms with E-state index in [0.29, 0.717) is 24.2 Å². The third-order valence-corrected chi connectivity index (χ3v) is 5.37. The molecule has 0 unspecified atom stereocenters. The molecule has 3 rings (SSSR count). The Morgan fingerprint density at radius 1 is 1.23 bits per heavy atom. The van der Waals surface area contributed by atoms with Gasteiger partial charge in [-0.05, 0) is 48.5 Å². The maximum absolute atomic E-state index is 12.6. The normalized spacial score (nSPS) is 38.5. The number of esters is 1. The molecule has 0 amide bonds. The molecule has 2 fully saturated rings. The van der Waals surface area contributed by atoms with Gasteiger partial charge in [-0.3, -0.25) is 4.79 Å². The zero-order valence-corrected chi connectivity index (χ0v) is 13.9. The fourth-order valence-electron chi connectivity index (χ4n) is 3.85. The Hall–Kier alpha value is -1.31. The lowest BCUT2D eigenvalue weighted by atomic mass is 9.75. The minimum absolute atomic E-state index is 0.00489. The first-order chi connectivity index (χ1) is 10.9. The van der Waals surface area contributed by atoms with Gasteiger partial charge in [-0.1, -0.05) is 57.5 Å². The molecule has 2 aliphatic carbocycles. The second-order valence-electron chi connectivity index (χ2n) is 7.46. The summed E-state index contributed by atoms with van der Waals surface area (Å²) < 4.78 is 14.4. The van der Waals surface area contributed by atoms with Crippen molar-refractivity contribution in [2.45, 2.75) is 58.5 Å². The van der Waals surface area contributed by atoms with Gasteiger partial charge in [0.05, 0.1) is 5.89 Å². The minimum Gasteiger partial charge on any atom is -0.462 e. The van der Waals surface area contributed by atoms with E-state index in [9.17, 15) is 4.79 Å². The Bertz CT molecular complexity index is 556. The molecule has 2 aliphatic rings. The Balaban J connectivity index is 1.67. The second-order valence-corrected chi connectivity index (χ2v) is 7.46. The smallest absolute Gasteiger partial charge is 0.309 e. The highest BCUT2D eigenvalue weighted by Gasteiger charge is 2.46. The molecule has 0 radical (unpaired) electrons. The molecule has 0 aliphatic heterocycles. The minimum atomic E-state index is -1.07. The Morgan fingerprint density at radius 2 is 1.95 bits per heavy atom. The van der Waals surface area contributed by atoms with E-state index in [1.807, 2.05) is 30.3 Å². The van der Waals surface area contributed by atoms with Gasteiger partial charge in [-0.15, -0.1) is 0 Å². The van der Waals surface area contributed by atoms with Crippen molar-refractivity contribution < 1.29 is 10.9 Å². The number of carbonyl (C=O) groups is 1. The Morgan fingerprint density at radius 3 is 2.64 bits per heavy atom. The third-order valence-electron chi connectivity index (χ3n) is 5.37. The number of rotatable bonds is 4. The first kappa shape index (κ1) is 14.3. The van der Waals surface area contributed by atoms with Crippen molar-refractivity contribution in [1.82, 2.24) is 0 Å². The quantitative estimate of drug-likeness (QED) is 0.747. The summed E-state index contributed by atoms with van der Waals surface area (Å²) in [6.07, 6.45) is 3.87. The summed E-state index contributed by atoms with van der Waals surface area (Å²) in [4.78, 5) is 12.6. The summed E-state index contributed by atoms with van der Waals surface area (Å²) >= 11 is 0. The summed E-state index contributed by atoms with van der Waals surface area (Å²) in [5.41, 5.74) is 1.08. The Kier molecular flexibility index (Phi) is 4.18. The van der Waals surface area contributed by atoms with Gasteiger partial charge >= 0.3 is 5.97 Å². The predicted molar refractivity (Wildman–Crippen MR) is 88.5 cm³/mol. The molecule has 0 aromatic heterocycles. The topological polar surface area (TPSA) is 26.3 Å². The average Bonchev–Trinajstić information content (AvgIpc) is 3.21. The SMILES string of the molecule is [2H][C@]1(C(=O)O[C@@H]2C[C@H](C)CC[C@H]2C(C)C)C[C@@H]1c1ccccc1. The monoisotopic (exact) mass is 301 g/mol. The van der Waals surface area contributed by atoms with Gasteiger partial charge in [0.25, 0.3) is 0 Å². The molecule has 22 heavy (non-hydrogen) atoms. The Labute approximate surface area is 135 Å². The van der Waals surface area contributed by atoms with Crippen molar-refractivity contribution >= 4 is 5.97 Å².